The highest BCUT2D eigenvalue weighted by Gasteiger charge is 2.21. The molecule has 0 saturated carbocycles. The second kappa shape index (κ2) is 22.6. The SMILES string of the molecule is O=C1COc2ccccc2C(=O)NCCCNC(=O)c2ccccc2OCC(=O)Nc2ccccc2SCC(OC(=O)CCN2CCCCC2)CSc2ccccc2N1. The van der Waals surface area contributed by atoms with Gasteiger partial charge >= 0.3 is 5.97 Å². The fourth-order valence-electron chi connectivity index (χ4n) is 6.45. The van der Waals surface area contributed by atoms with E-state index in [9.17, 15) is 24.0 Å². The Bertz CT molecular complexity index is 1950. The molecule has 2 heterocycles. The molecule has 1 fully saturated rings. The van der Waals surface area contributed by atoms with Crippen LogP contribution in [-0.2, 0) is 19.1 Å². The number of para-hydroxylation sites is 4. The summed E-state index contributed by atoms with van der Waals surface area (Å²) in [6.45, 7) is 2.44. The van der Waals surface area contributed by atoms with E-state index in [2.05, 4.69) is 26.2 Å². The first-order valence-corrected chi connectivity index (χ1v) is 21.7. The number of fused-ring (bicyclic) bond motifs is 4. The molecule has 4 aromatic rings. The fraction of sp³-hybridized carbons (Fsp3) is 0.341. The Balaban J connectivity index is 1.20. The van der Waals surface area contributed by atoms with Crippen LogP contribution in [-0.4, -0.2) is 98.0 Å². The van der Waals surface area contributed by atoms with Crippen LogP contribution in [0, 0.1) is 0 Å². The van der Waals surface area contributed by atoms with Gasteiger partial charge in [-0.25, -0.2) is 0 Å². The van der Waals surface area contributed by atoms with Crippen molar-refractivity contribution in [3.63, 3.8) is 0 Å². The zero-order valence-electron chi connectivity index (χ0n) is 32.7. The van der Waals surface area contributed by atoms with Gasteiger partial charge in [0.25, 0.3) is 23.6 Å². The van der Waals surface area contributed by atoms with Gasteiger partial charge < -0.3 is 40.4 Å². The predicted molar refractivity (Wildman–Crippen MR) is 230 cm³/mol. The van der Waals surface area contributed by atoms with Crippen LogP contribution in [0.3, 0.4) is 0 Å². The highest BCUT2D eigenvalue weighted by molar-refractivity contribution is 8.00. The summed E-state index contributed by atoms with van der Waals surface area (Å²) in [7, 11) is 0. The van der Waals surface area contributed by atoms with E-state index >= 15 is 0 Å². The molecule has 0 spiro atoms. The monoisotopic (exact) mass is 839 g/mol. The molecule has 2 aliphatic heterocycles. The number of hydrogen-bond donors (Lipinski definition) is 4. The van der Waals surface area contributed by atoms with Crippen molar-refractivity contribution in [1.29, 1.82) is 0 Å². The van der Waals surface area contributed by atoms with Gasteiger partial charge in [-0.1, -0.05) is 55.0 Å². The number of likely N-dealkylation sites (tertiary alicyclic amines) is 1. The molecular weight excluding hydrogens is 791 g/mol. The van der Waals surface area contributed by atoms with Crippen molar-refractivity contribution in [2.75, 3.05) is 68.1 Å². The van der Waals surface area contributed by atoms with E-state index < -0.39 is 17.9 Å². The van der Waals surface area contributed by atoms with Crippen molar-refractivity contribution >= 4 is 64.5 Å². The third-order valence-electron chi connectivity index (χ3n) is 9.46. The lowest BCUT2D eigenvalue weighted by molar-refractivity contribution is -0.147. The number of rotatable bonds is 4. The Kier molecular flexibility index (Phi) is 16.5. The topological polar surface area (TPSA) is 164 Å². The maximum atomic E-state index is 13.3. The highest BCUT2D eigenvalue weighted by atomic mass is 32.2. The molecule has 4 N–H and O–H groups in total. The summed E-state index contributed by atoms with van der Waals surface area (Å²) in [4.78, 5) is 69.7. The van der Waals surface area contributed by atoms with Crippen LogP contribution >= 0.6 is 23.5 Å². The van der Waals surface area contributed by atoms with Gasteiger partial charge in [-0.15, -0.1) is 23.5 Å². The molecule has 0 radical (unpaired) electrons. The molecule has 0 atom stereocenters. The van der Waals surface area contributed by atoms with Crippen molar-refractivity contribution in [2.24, 2.45) is 0 Å². The molecule has 0 aliphatic carbocycles. The molecular formula is C44H49N5O8S2. The molecule has 6 rings (SSSR count). The second-order valence-electron chi connectivity index (χ2n) is 13.9. The van der Waals surface area contributed by atoms with Crippen molar-refractivity contribution < 1.29 is 38.2 Å². The number of nitrogens with zero attached hydrogens (tertiary/aromatic N) is 1. The molecule has 4 amide bonds. The first-order chi connectivity index (χ1) is 28.8. The second-order valence-corrected chi connectivity index (χ2v) is 16.0. The molecule has 13 nitrogen and oxygen atoms in total. The van der Waals surface area contributed by atoms with Crippen molar-refractivity contribution in [2.45, 2.75) is 48.0 Å². The number of ether oxygens (including phenoxy) is 3. The minimum atomic E-state index is -0.518. The average molecular weight is 840 g/mol. The number of piperidine rings is 1. The van der Waals surface area contributed by atoms with E-state index in [4.69, 9.17) is 14.2 Å². The van der Waals surface area contributed by atoms with Crippen LogP contribution in [0.2, 0.25) is 0 Å². The summed E-state index contributed by atoms with van der Waals surface area (Å²) >= 11 is 2.90. The van der Waals surface area contributed by atoms with Gasteiger partial charge in [0.1, 0.15) is 17.6 Å². The van der Waals surface area contributed by atoms with Crippen LogP contribution in [0.1, 0.15) is 52.8 Å². The third kappa shape index (κ3) is 13.5. The zero-order valence-corrected chi connectivity index (χ0v) is 34.4. The van der Waals surface area contributed by atoms with Crippen molar-refractivity contribution in [3.8, 4) is 11.5 Å². The maximum absolute atomic E-state index is 13.3. The van der Waals surface area contributed by atoms with Crippen LogP contribution in [0.5, 0.6) is 11.5 Å². The summed E-state index contributed by atoms with van der Waals surface area (Å²) in [6.07, 6.45) is 3.66. The maximum Gasteiger partial charge on any atom is 0.307 e. The van der Waals surface area contributed by atoms with E-state index in [0.29, 0.717) is 35.8 Å². The molecule has 310 valence electrons. The van der Waals surface area contributed by atoms with Crippen LogP contribution in [0.25, 0.3) is 0 Å². The number of anilines is 2. The minimum absolute atomic E-state index is 0.249. The van der Waals surface area contributed by atoms with Gasteiger partial charge in [-0.2, -0.15) is 0 Å². The lowest BCUT2D eigenvalue weighted by Gasteiger charge is -2.26. The Labute approximate surface area is 352 Å². The van der Waals surface area contributed by atoms with Gasteiger partial charge in [0, 0.05) is 40.9 Å². The Morgan fingerprint density at radius 3 is 1.63 bits per heavy atom. The summed E-state index contributed by atoms with van der Waals surface area (Å²) in [5, 5.41) is 11.5. The fourth-order valence-corrected chi connectivity index (χ4v) is 8.60. The molecule has 4 aromatic carbocycles. The number of benzene rings is 4. The smallest absolute Gasteiger partial charge is 0.307 e. The number of hydrogen-bond acceptors (Lipinski definition) is 11. The van der Waals surface area contributed by atoms with Gasteiger partial charge in [0.2, 0.25) is 0 Å². The van der Waals surface area contributed by atoms with Gasteiger partial charge in [-0.05, 0) is 80.9 Å². The normalized spacial score (nSPS) is 17.2. The van der Waals surface area contributed by atoms with E-state index in [1.807, 2.05) is 36.4 Å². The van der Waals surface area contributed by atoms with Crippen LogP contribution < -0.4 is 30.7 Å². The third-order valence-corrected chi connectivity index (χ3v) is 11.9. The Morgan fingerprint density at radius 1 is 0.627 bits per heavy atom. The number of nitrogens with one attached hydrogen (secondary N) is 4. The Morgan fingerprint density at radius 2 is 1.10 bits per heavy atom. The molecule has 2 aliphatic rings. The number of carbonyl (C=O) groups excluding carboxylic acids is 5. The molecule has 0 bridgehead atoms. The molecule has 1 saturated heterocycles. The number of amides is 4. The van der Waals surface area contributed by atoms with Gasteiger partial charge in [0.15, 0.2) is 13.2 Å². The lowest BCUT2D eigenvalue weighted by Crippen LogP contribution is -2.33. The average Bonchev–Trinajstić information content (AvgIpc) is 3.26. The molecule has 15 heteroatoms. The van der Waals surface area contributed by atoms with Crippen LogP contribution in [0.4, 0.5) is 11.4 Å². The van der Waals surface area contributed by atoms with Crippen LogP contribution in [0.15, 0.2) is 107 Å². The van der Waals surface area contributed by atoms with Gasteiger partial charge in [-0.3, -0.25) is 24.0 Å². The quantitative estimate of drug-likeness (QED) is 0.172. The Hall–Kier alpha value is -5.51. The minimum Gasteiger partial charge on any atom is -0.483 e. The standard InChI is InChI=1S/C44H49N5O8S2/c50-40-27-55-36-17-6-2-13-32(36)43(53)45-22-12-23-46-44(54)33-14-3-7-18-37(33)56-28-41(51)48-35-16-5-9-20-39(35)59-30-31(29-58-38-19-8-4-15-34(38)47-40)57-42(52)21-26-49-24-10-1-11-25-49/h2-9,13-20,31H,1,10-12,21-30H2,(H,45,53)(H,46,54)(H,47,50)(H,48,51). The largest absolute Gasteiger partial charge is 0.483 e. The number of thioether (sulfide) groups is 2. The van der Waals surface area contributed by atoms with Crippen molar-refractivity contribution in [3.05, 3.63) is 108 Å². The first-order valence-electron chi connectivity index (χ1n) is 19.8. The number of carbonyl (C=O) groups is 5. The van der Waals surface area contributed by atoms with E-state index in [1.54, 1.807) is 60.7 Å². The lowest BCUT2D eigenvalue weighted by atomic mass is 10.1. The zero-order chi connectivity index (χ0) is 41.2. The molecule has 59 heavy (non-hydrogen) atoms. The number of esters is 1. The van der Waals surface area contributed by atoms with Crippen molar-refractivity contribution in [1.82, 2.24) is 15.5 Å². The summed E-state index contributed by atoms with van der Waals surface area (Å²) in [6, 6.07) is 28.1. The predicted octanol–water partition coefficient (Wildman–Crippen LogP) is 6.26. The summed E-state index contributed by atoms with van der Waals surface area (Å²) in [5.74, 6) is -0.611. The summed E-state index contributed by atoms with van der Waals surface area (Å²) in [5.41, 5.74) is 1.66. The first kappa shape index (κ1) is 43.1. The molecule has 0 unspecified atom stereocenters. The van der Waals surface area contributed by atoms with E-state index in [0.717, 1.165) is 35.7 Å². The van der Waals surface area contributed by atoms with E-state index in [-0.39, 0.29) is 73.1 Å². The van der Waals surface area contributed by atoms with Gasteiger partial charge in [0.05, 0.1) is 28.9 Å². The highest BCUT2D eigenvalue weighted by Crippen LogP contribution is 2.32. The van der Waals surface area contributed by atoms with E-state index in [1.165, 1.54) is 29.9 Å². The summed E-state index contributed by atoms with van der Waals surface area (Å²) < 4.78 is 17.8. The molecule has 0 aromatic heterocycles.